The fourth-order valence-electron chi connectivity index (χ4n) is 2.01. The Kier molecular flexibility index (Phi) is 4.58. The largest absolute Gasteiger partial charge is 0.373 e. The van der Waals surface area contributed by atoms with Crippen LogP contribution in [0.1, 0.15) is 41.4 Å². The van der Waals surface area contributed by atoms with E-state index in [2.05, 4.69) is 29.5 Å². The van der Waals surface area contributed by atoms with Crippen LogP contribution >= 0.6 is 0 Å². The second-order valence-corrected chi connectivity index (χ2v) is 5.34. The molecular formula is C17H21N3O. The Morgan fingerprint density at radius 1 is 1.19 bits per heavy atom. The first kappa shape index (κ1) is 15.0. The minimum atomic E-state index is -0.120. The predicted octanol–water partition coefficient (Wildman–Crippen LogP) is 3.81. The monoisotopic (exact) mass is 283 g/mol. The molecule has 2 rings (SSSR count). The molecule has 2 aromatic rings. The highest BCUT2D eigenvalue weighted by Gasteiger charge is 2.12. The fourth-order valence-corrected chi connectivity index (χ4v) is 2.01. The number of para-hydroxylation sites is 1. The summed E-state index contributed by atoms with van der Waals surface area (Å²) in [6, 6.07) is 11.3. The van der Waals surface area contributed by atoms with Crippen LogP contribution in [-0.4, -0.2) is 17.9 Å². The highest BCUT2D eigenvalue weighted by atomic mass is 16.1. The molecule has 0 bridgehead atoms. The molecule has 0 saturated carbocycles. The van der Waals surface area contributed by atoms with Crippen molar-refractivity contribution in [1.29, 1.82) is 0 Å². The van der Waals surface area contributed by atoms with E-state index in [1.807, 2.05) is 37.3 Å². The highest BCUT2D eigenvalue weighted by Crippen LogP contribution is 2.19. The van der Waals surface area contributed by atoms with E-state index in [0.717, 1.165) is 16.9 Å². The molecule has 1 amide bonds. The van der Waals surface area contributed by atoms with E-state index in [9.17, 15) is 4.79 Å². The molecule has 0 unspecified atom stereocenters. The van der Waals surface area contributed by atoms with Crippen LogP contribution in [0.5, 0.6) is 0 Å². The molecule has 0 aliphatic heterocycles. The number of anilines is 2. The van der Waals surface area contributed by atoms with E-state index in [4.69, 9.17) is 0 Å². The number of pyridine rings is 1. The Labute approximate surface area is 125 Å². The SMILES string of the molecule is CNc1cc(C(=O)Nc2ccccc2C)cc(C(C)C)n1. The number of nitrogens with one attached hydrogen (secondary N) is 2. The molecule has 4 heteroatoms. The van der Waals surface area contributed by atoms with E-state index < -0.39 is 0 Å². The first-order valence-electron chi connectivity index (χ1n) is 7.08. The van der Waals surface area contributed by atoms with E-state index in [1.54, 1.807) is 13.1 Å². The molecule has 2 N–H and O–H groups in total. The number of aryl methyl sites for hydroxylation is 1. The minimum absolute atomic E-state index is 0.120. The van der Waals surface area contributed by atoms with Crippen molar-refractivity contribution in [3.8, 4) is 0 Å². The molecule has 1 aromatic heterocycles. The lowest BCUT2D eigenvalue weighted by atomic mass is 10.1. The Hall–Kier alpha value is -2.36. The normalized spacial score (nSPS) is 10.5. The first-order valence-corrected chi connectivity index (χ1v) is 7.08. The second-order valence-electron chi connectivity index (χ2n) is 5.34. The molecule has 0 saturated heterocycles. The van der Waals surface area contributed by atoms with Gasteiger partial charge >= 0.3 is 0 Å². The van der Waals surface area contributed by atoms with Gasteiger partial charge in [-0.2, -0.15) is 0 Å². The third kappa shape index (κ3) is 3.60. The average Bonchev–Trinajstić information content (AvgIpc) is 2.49. The molecule has 110 valence electrons. The van der Waals surface area contributed by atoms with Crippen molar-refractivity contribution in [2.75, 3.05) is 17.7 Å². The number of carbonyl (C=O) groups excluding carboxylic acids is 1. The Morgan fingerprint density at radius 3 is 2.52 bits per heavy atom. The second kappa shape index (κ2) is 6.39. The van der Waals surface area contributed by atoms with Crippen molar-refractivity contribution >= 4 is 17.4 Å². The lowest BCUT2D eigenvalue weighted by Gasteiger charge is -2.12. The summed E-state index contributed by atoms with van der Waals surface area (Å²) < 4.78 is 0. The van der Waals surface area contributed by atoms with Crippen LogP contribution < -0.4 is 10.6 Å². The fraction of sp³-hybridized carbons (Fsp3) is 0.294. The molecular weight excluding hydrogens is 262 g/mol. The van der Waals surface area contributed by atoms with Crippen molar-refractivity contribution in [2.45, 2.75) is 26.7 Å². The summed E-state index contributed by atoms with van der Waals surface area (Å²) >= 11 is 0. The Morgan fingerprint density at radius 2 is 1.90 bits per heavy atom. The number of nitrogens with zero attached hydrogens (tertiary/aromatic N) is 1. The van der Waals surface area contributed by atoms with Gasteiger partial charge in [-0.1, -0.05) is 32.0 Å². The van der Waals surface area contributed by atoms with Crippen LogP contribution in [0, 0.1) is 6.92 Å². The molecule has 0 fully saturated rings. The average molecular weight is 283 g/mol. The summed E-state index contributed by atoms with van der Waals surface area (Å²) in [4.78, 5) is 16.9. The van der Waals surface area contributed by atoms with Crippen LogP contribution in [0.25, 0.3) is 0 Å². The molecule has 1 heterocycles. The molecule has 1 aromatic carbocycles. The minimum Gasteiger partial charge on any atom is -0.373 e. The molecule has 0 atom stereocenters. The van der Waals surface area contributed by atoms with Gasteiger partial charge in [0.1, 0.15) is 5.82 Å². The van der Waals surface area contributed by atoms with Gasteiger partial charge in [0.2, 0.25) is 0 Å². The van der Waals surface area contributed by atoms with E-state index >= 15 is 0 Å². The predicted molar refractivity (Wildman–Crippen MR) is 87.0 cm³/mol. The van der Waals surface area contributed by atoms with Gasteiger partial charge in [0.15, 0.2) is 0 Å². The van der Waals surface area contributed by atoms with Gasteiger partial charge in [0.25, 0.3) is 5.91 Å². The maximum absolute atomic E-state index is 12.4. The summed E-state index contributed by atoms with van der Waals surface area (Å²) in [5.74, 6) is 0.851. The topological polar surface area (TPSA) is 54.0 Å². The smallest absolute Gasteiger partial charge is 0.255 e. The van der Waals surface area contributed by atoms with Gasteiger partial charge in [-0.05, 0) is 36.6 Å². The van der Waals surface area contributed by atoms with Crippen LogP contribution in [-0.2, 0) is 0 Å². The molecule has 4 nitrogen and oxygen atoms in total. The van der Waals surface area contributed by atoms with E-state index in [1.165, 1.54) is 0 Å². The van der Waals surface area contributed by atoms with Gasteiger partial charge in [-0.3, -0.25) is 4.79 Å². The summed E-state index contributed by atoms with van der Waals surface area (Å²) in [7, 11) is 1.80. The lowest BCUT2D eigenvalue weighted by Crippen LogP contribution is -2.14. The number of carbonyl (C=O) groups is 1. The molecule has 21 heavy (non-hydrogen) atoms. The maximum atomic E-state index is 12.4. The highest BCUT2D eigenvalue weighted by molar-refractivity contribution is 6.05. The third-order valence-electron chi connectivity index (χ3n) is 3.35. The number of rotatable bonds is 4. The third-order valence-corrected chi connectivity index (χ3v) is 3.35. The number of benzene rings is 1. The first-order chi connectivity index (χ1) is 10.0. The van der Waals surface area contributed by atoms with Gasteiger partial charge in [-0.15, -0.1) is 0 Å². The van der Waals surface area contributed by atoms with Crippen LogP contribution in [0.15, 0.2) is 36.4 Å². The van der Waals surface area contributed by atoms with E-state index in [0.29, 0.717) is 11.4 Å². The maximum Gasteiger partial charge on any atom is 0.255 e. The van der Waals surface area contributed by atoms with Crippen molar-refractivity contribution in [3.63, 3.8) is 0 Å². The molecule has 0 aliphatic carbocycles. The number of amides is 1. The van der Waals surface area contributed by atoms with Crippen molar-refractivity contribution < 1.29 is 4.79 Å². The van der Waals surface area contributed by atoms with Crippen LogP contribution in [0.2, 0.25) is 0 Å². The van der Waals surface area contributed by atoms with Gasteiger partial charge in [0, 0.05) is 24.0 Å². The summed E-state index contributed by atoms with van der Waals surface area (Å²) in [6.07, 6.45) is 0. The number of aromatic nitrogens is 1. The van der Waals surface area contributed by atoms with Gasteiger partial charge in [0.05, 0.1) is 0 Å². The van der Waals surface area contributed by atoms with Crippen molar-refractivity contribution in [1.82, 2.24) is 4.98 Å². The molecule has 0 spiro atoms. The Bertz CT molecular complexity index is 650. The van der Waals surface area contributed by atoms with Crippen LogP contribution in [0.4, 0.5) is 11.5 Å². The zero-order valence-corrected chi connectivity index (χ0v) is 12.9. The summed E-state index contributed by atoms with van der Waals surface area (Å²) in [5.41, 5.74) is 3.38. The van der Waals surface area contributed by atoms with Gasteiger partial charge < -0.3 is 10.6 Å². The summed E-state index contributed by atoms with van der Waals surface area (Å²) in [6.45, 7) is 6.09. The quantitative estimate of drug-likeness (QED) is 0.897. The zero-order valence-electron chi connectivity index (χ0n) is 12.9. The molecule has 0 radical (unpaired) electrons. The number of hydrogen-bond acceptors (Lipinski definition) is 3. The lowest BCUT2D eigenvalue weighted by molar-refractivity contribution is 0.102. The van der Waals surface area contributed by atoms with Crippen LogP contribution in [0.3, 0.4) is 0 Å². The number of hydrogen-bond donors (Lipinski definition) is 2. The Balaban J connectivity index is 2.30. The standard InChI is InChI=1S/C17H21N3O/c1-11(2)15-9-13(10-16(18-4)19-15)17(21)20-14-8-6-5-7-12(14)3/h5-11H,1-4H3,(H,18,19)(H,20,21). The molecule has 0 aliphatic rings. The van der Waals surface area contributed by atoms with Crippen molar-refractivity contribution in [3.05, 3.63) is 53.2 Å². The van der Waals surface area contributed by atoms with Gasteiger partial charge in [-0.25, -0.2) is 4.98 Å². The zero-order chi connectivity index (χ0) is 15.4. The summed E-state index contributed by atoms with van der Waals surface area (Å²) in [5, 5.41) is 5.95. The van der Waals surface area contributed by atoms with E-state index in [-0.39, 0.29) is 11.8 Å². The van der Waals surface area contributed by atoms with Crippen molar-refractivity contribution in [2.24, 2.45) is 0 Å².